The van der Waals surface area contributed by atoms with Crippen LogP contribution < -0.4 is 25.5 Å². The van der Waals surface area contributed by atoms with Crippen LogP contribution in [0.5, 0.6) is 5.75 Å². The quantitative estimate of drug-likeness (QED) is 0.314. The molecule has 0 unspecified atom stereocenters. The van der Waals surface area contributed by atoms with Gasteiger partial charge in [0, 0.05) is 13.5 Å². The van der Waals surface area contributed by atoms with E-state index in [1.165, 1.54) is 4.57 Å². The van der Waals surface area contributed by atoms with E-state index in [1.807, 2.05) is 42.7 Å². The van der Waals surface area contributed by atoms with Crippen LogP contribution in [0.25, 0.3) is 11.2 Å². The minimum Gasteiger partial charge on any atom is -0.494 e. The van der Waals surface area contributed by atoms with E-state index >= 15 is 0 Å². The van der Waals surface area contributed by atoms with Crippen molar-refractivity contribution < 1.29 is 18.8 Å². The molecule has 3 aromatic rings. The lowest BCUT2D eigenvalue weighted by atomic mass is 10.2. The van der Waals surface area contributed by atoms with Gasteiger partial charge >= 0.3 is 17.6 Å². The number of benzene rings is 1. The van der Waals surface area contributed by atoms with E-state index in [-0.39, 0.29) is 6.61 Å². The van der Waals surface area contributed by atoms with Crippen LogP contribution in [0.2, 0.25) is 0 Å². The van der Waals surface area contributed by atoms with Gasteiger partial charge in [0.2, 0.25) is 11.2 Å². The Morgan fingerprint density at radius 3 is 2.64 bits per heavy atom. The fourth-order valence-electron chi connectivity index (χ4n) is 4.13. The second kappa shape index (κ2) is 9.51. The summed E-state index contributed by atoms with van der Waals surface area (Å²) in [4.78, 5) is 43.8. The summed E-state index contributed by atoms with van der Waals surface area (Å²) >= 11 is 0. The molecule has 33 heavy (non-hydrogen) atoms. The van der Waals surface area contributed by atoms with Crippen LogP contribution in [0, 0.1) is 0 Å². The van der Waals surface area contributed by atoms with Crippen molar-refractivity contribution in [3.05, 3.63) is 45.1 Å². The SMILES string of the molecule is CCCCOC(=O)Cn1c(=O)c2c([nH]c3[n+]2CCCN3c2ccc(OCC)cc2)n(C)c1=O. The normalized spacial score (nSPS) is 13.2. The molecule has 10 nitrogen and oxygen atoms in total. The summed E-state index contributed by atoms with van der Waals surface area (Å²) in [5.41, 5.74) is 0.671. The molecule has 0 radical (unpaired) electrons. The van der Waals surface area contributed by atoms with Gasteiger partial charge in [0.15, 0.2) is 0 Å². The first-order valence-corrected chi connectivity index (χ1v) is 11.4. The van der Waals surface area contributed by atoms with Crippen molar-refractivity contribution in [2.45, 2.75) is 46.2 Å². The first kappa shape index (κ1) is 22.6. The molecule has 1 aromatic carbocycles. The number of H-pyrrole nitrogens is 1. The van der Waals surface area contributed by atoms with Crippen molar-refractivity contribution in [2.24, 2.45) is 7.05 Å². The third-order valence-corrected chi connectivity index (χ3v) is 5.81. The van der Waals surface area contributed by atoms with Gasteiger partial charge in [-0.05, 0) is 37.6 Å². The van der Waals surface area contributed by atoms with Crippen LogP contribution in [0.3, 0.4) is 0 Å². The standard InChI is InChI=1S/C23H29N5O5/c1-4-6-14-33-18(29)15-28-21(30)19-20(25(3)23(28)31)24-22-26(12-7-13-27(19)22)16-8-10-17(11-9-16)32-5-2/h8-11H,4-7,12-15H2,1-3H3/p+1. The molecule has 0 saturated carbocycles. The number of aromatic nitrogens is 4. The largest absolute Gasteiger partial charge is 0.494 e. The minimum atomic E-state index is -0.590. The third-order valence-electron chi connectivity index (χ3n) is 5.81. The second-order valence-corrected chi connectivity index (χ2v) is 8.04. The van der Waals surface area contributed by atoms with E-state index in [0.717, 1.165) is 47.8 Å². The highest BCUT2D eigenvalue weighted by Crippen LogP contribution is 2.27. The first-order valence-electron chi connectivity index (χ1n) is 11.4. The second-order valence-electron chi connectivity index (χ2n) is 8.04. The van der Waals surface area contributed by atoms with Crippen molar-refractivity contribution in [3.8, 4) is 5.75 Å². The number of nitrogens with zero attached hydrogens (tertiary/aromatic N) is 4. The molecule has 10 heteroatoms. The smallest absolute Gasteiger partial charge is 0.364 e. The molecule has 0 atom stereocenters. The molecule has 1 aliphatic heterocycles. The summed E-state index contributed by atoms with van der Waals surface area (Å²) in [6.45, 7) is 5.77. The van der Waals surface area contributed by atoms with E-state index in [9.17, 15) is 14.4 Å². The summed E-state index contributed by atoms with van der Waals surface area (Å²) in [7, 11) is 1.59. The zero-order valence-electron chi connectivity index (χ0n) is 19.3. The number of hydrogen-bond acceptors (Lipinski definition) is 6. The number of ether oxygens (including phenoxy) is 2. The maximum Gasteiger partial charge on any atom is 0.364 e. The minimum absolute atomic E-state index is 0.276. The number of aryl methyl sites for hydroxylation is 2. The number of esters is 1. The van der Waals surface area contributed by atoms with Crippen molar-refractivity contribution in [1.29, 1.82) is 0 Å². The summed E-state index contributed by atoms with van der Waals surface area (Å²) in [5.74, 6) is 0.919. The van der Waals surface area contributed by atoms with Crippen molar-refractivity contribution >= 4 is 28.8 Å². The lowest BCUT2D eigenvalue weighted by Gasteiger charge is -2.22. The number of carbonyl (C=O) groups is 1. The van der Waals surface area contributed by atoms with Crippen LogP contribution in [0.4, 0.5) is 11.6 Å². The summed E-state index contributed by atoms with van der Waals surface area (Å²) in [5, 5.41) is 0. The van der Waals surface area contributed by atoms with Crippen LogP contribution in [-0.2, 0) is 29.7 Å². The highest BCUT2D eigenvalue weighted by molar-refractivity contribution is 5.72. The molecule has 2 aromatic heterocycles. The van der Waals surface area contributed by atoms with Gasteiger partial charge in [0.05, 0.1) is 26.3 Å². The van der Waals surface area contributed by atoms with E-state index in [1.54, 1.807) is 7.05 Å². The Morgan fingerprint density at radius 1 is 1.18 bits per heavy atom. The number of aromatic amines is 1. The Labute approximate surface area is 191 Å². The van der Waals surface area contributed by atoms with E-state index in [4.69, 9.17) is 9.47 Å². The van der Waals surface area contributed by atoms with Gasteiger partial charge in [-0.15, -0.1) is 0 Å². The van der Waals surface area contributed by atoms with Gasteiger partial charge in [-0.3, -0.25) is 14.2 Å². The molecule has 4 rings (SSSR count). The Hall–Kier alpha value is -3.56. The summed E-state index contributed by atoms with van der Waals surface area (Å²) in [6.07, 6.45) is 2.44. The number of carbonyl (C=O) groups excluding carboxylic acids is 1. The fraction of sp³-hybridized carbons (Fsp3) is 0.478. The Morgan fingerprint density at radius 2 is 1.94 bits per heavy atom. The number of hydrogen-bond donors (Lipinski definition) is 1. The van der Waals surface area contributed by atoms with Crippen LogP contribution >= 0.6 is 0 Å². The topological polar surface area (TPSA) is 102 Å². The fourth-order valence-corrected chi connectivity index (χ4v) is 4.13. The number of imidazole rings is 1. The van der Waals surface area contributed by atoms with E-state index in [0.29, 0.717) is 24.3 Å². The molecular weight excluding hydrogens is 426 g/mol. The van der Waals surface area contributed by atoms with Gasteiger partial charge < -0.3 is 9.47 Å². The number of rotatable bonds is 8. The molecule has 0 saturated heterocycles. The zero-order chi connectivity index (χ0) is 23.5. The molecular formula is C23H30N5O5+. The summed E-state index contributed by atoms with van der Waals surface area (Å²) in [6, 6.07) is 7.76. The third kappa shape index (κ3) is 4.24. The first-order chi connectivity index (χ1) is 16.0. The molecule has 0 spiro atoms. The summed E-state index contributed by atoms with van der Waals surface area (Å²) < 4.78 is 14.9. The van der Waals surface area contributed by atoms with E-state index in [2.05, 4.69) is 9.88 Å². The molecule has 0 bridgehead atoms. The Kier molecular flexibility index (Phi) is 6.52. The lowest BCUT2D eigenvalue weighted by molar-refractivity contribution is -0.663. The molecule has 1 N–H and O–H groups in total. The van der Waals surface area contributed by atoms with Crippen LogP contribution in [0.1, 0.15) is 33.1 Å². The lowest BCUT2D eigenvalue weighted by Crippen LogP contribution is -2.50. The maximum absolute atomic E-state index is 13.3. The van der Waals surface area contributed by atoms with Crippen molar-refractivity contribution in [3.63, 3.8) is 0 Å². The number of nitrogens with one attached hydrogen (secondary N) is 1. The van der Waals surface area contributed by atoms with Crippen LogP contribution in [0.15, 0.2) is 33.9 Å². The number of unbranched alkanes of at least 4 members (excludes halogenated alkanes) is 1. The molecule has 1 aliphatic rings. The van der Waals surface area contributed by atoms with Crippen molar-refractivity contribution in [1.82, 2.24) is 14.1 Å². The maximum atomic E-state index is 13.3. The number of fused-ring (bicyclic) bond motifs is 3. The average molecular weight is 457 g/mol. The van der Waals surface area contributed by atoms with Crippen LogP contribution in [-0.4, -0.2) is 39.8 Å². The van der Waals surface area contributed by atoms with Gasteiger partial charge in [-0.1, -0.05) is 13.3 Å². The molecule has 0 aliphatic carbocycles. The van der Waals surface area contributed by atoms with E-state index < -0.39 is 23.8 Å². The van der Waals surface area contributed by atoms with Gasteiger partial charge in [-0.2, -0.15) is 0 Å². The van der Waals surface area contributed by atoms with Crippen molar-refractivity contribution in [2.75, 3.05) is 24.7 Å². The van der Waals surface area contributed by atoms with Gasteiger partial charge in [-0.25, -0.2) is 23.8 Å². The number of anilines is 2. The predicted molar refractivity (Wildman–Crippen MR) is 123 cm³/mol. The molecule has 0 amide bonds. The predicted octanol–water partition coefficient (Wildman–Crippen LogP) is 1.60. The Balaban J connectivity index is 1.75. The highest BCUT2D eigenvalue weighted by Gasteiger charge is 2.33. The highest BCUT2D eigenvalue weighted by atomic mass is 16.5. The van der Waals surface area contributed by atoms with Gasteiger partial charge in [0.1, 0.15) is 18.0 Å². The van der Waals surface area contributed by atoms with Gasteiger partial charge in [0.25, 0.3) is 5.56 Å². The molecule has 3 heterocycles. The molecule has 176 valence electrons. The molecule has 0 fully saturated rings. The monoisotopic (exact) mass is 456 g/mol. The Bertz CT molecular complexity index is 1270. The average Bonchev–Trinajstić information content (AvgIpc) is 3.21. The zero-order valence-corrected chi connectivity index (χ0v) is 19.3.